The van der Waals surface area contributed by atoms with Crippen LogP contribution >= 0.6 is 11.6 Å². The molecule has 150 valence electrons. The van der Waals surface area contributed by atoms with Crippen LogP contribution < -0.4 is 5.73 Å². The third-order valence-electron chi connectivity index (χ3n) is 4.78. The van der Waals surface area contributed by atoms with Gasteiger partial charge in [0.25, 0.3) is 0 Å². The van der Waals surface area contributed by atoms with E-state index in [4.69, 9.17) is 17.3 Å². The molecule has 0 aliphatic rings. The third kappa shape index (κ3) is 5.59. The molecule has 2 N–H and O–H groups in total. The van der Waals surface area contributed by atoms with E-state index in [9.17, 15) is 9.18 Å². The van der Waals surface area contributed by atoms with Crippen LogP contribution in [-0.4, -0.2) is 33.9 Å². The van der Waals surface area contributed by atoms with Gasteiger partial charge in [-0.2, -0.15) is 0 Å². The summed E-state index contributed by atoms with van der Waals surface area (Å²) in [6.45, 7) is 1.01. The van der Waals surface area contributed by atoms with Gasteiger partial charge in [0.2, 0.25) is 5.91 Å². The molecule has 2 heterocycles. The highest BCUT2D eigenvalue weighted by atomic mass is 35.5. The van der Waals surface area contributed by atoms with Crippen molar-refractivity contribution in [2.24, 2.45) is 5.73 Å². The number of nitrogens with zero attached hydrogens (tertiary/aromatic N) is 3. The average Bonchev–Trinajstić information content (AvgIpc) is 2.73. The zero-order chi connectivity index (χ0) is 20.6. The molecular weight excluding hydrogens is 391 g/mol. The van der Waals surface area contributed by atoms with E-state index in [1.807, 2.05) is 29.2 Å². The summed E-state index contributed by atoms with van der Waals surface area (Å²) in [5, 5.41) is 0.187. The van der Waals surface area contributed by atoms with E-state index in [-0.39, 0.29) is 10.6 Å². The van der Waals surface area contributed by atoms with Crippen LogP contribution in [0.1, 0.15) is 22.7 Å². The minimum absolute atomic E-state index is 0.117. The Bertz CT molecular complexity index is 876. The first kappa shape index (κ1) is 20.9. The Morgan fingerprint density at radius 1 is 0.966 bits per heavy atom. The molecule has 3 rings (SSSR count). The molecular formula is C22H22ClFN4O. The predicted octanol–water partition coefficient (Wildman–Crippen LogP) is 3.58. The van der Waals surface area contributed by atoms with Crippen molar-refractivity contribution in [3.8, 4) is 0 Å². The van der Waals surface area contributed by atoms with Crippen LogP contribution in [0.5, 0.6) is 0 Å². The van der Waals surface area contributed by atoms with Gasteiger partial charge in [0.1, 0.15) is 11.9 Å². The van der Waals surface area contributed by atoms with E-state index >= 15 is 0 Å². The Balaban J connectivity index is 1.88. The Morgan fingerprint density at radius 2 is 1.48 bits per heavy atom. The number of halogens is 2. The van der Waals surface area contributed by atoms with E-state index in [0.717, 1.165) is 11.1 Å². The third-order valence-corrected chi connectivity index (χ3v) is 5.11. The molecule has 3 aromatic rings. The van der Waals surface area contributed by atoms with Gasteiger partial charge in [-0.1, -0.05) is 17.7 Å². The molecule has 1 atom stereocenters. The van der Waals surface area contributed by atoms with E-state index < -0.39 is 17.8 Å². The van der Waals surface area contributed by atoms with Crippen LogP contribution in [-0.2, 0) is 17.6 Å². The number of carbonyl (C=O) groups is 1. The molecule has 29 heavy (non-hydrogen) atoms. The quantitative estimate of drug-likeness (QED) is 0.583. The number of primary amides is 1. The second-order valence-corrected chi connectivity index (χ2v) is 7.09. The summed E-state index contributed by atoms with van der Waals surface area (Å²) in [7, 11) is 0. The van der Waals surface area contributed by atoms with Crippen molar-refractivity contribution >= 4 is 17.5 Å². The fraction of sp³-hybridized carbons (Fsp3) is 0.227. The molecule has 1 amide bonds. The largest absolute Gasteiger partial charge is 0.368 e. The van der Waals surface area contributed by atoms with Gasteiger partial charge in [-0.25, -0.2) is 4.39 Å². The van der Waals surface area contributed by atoms with Gasteiger partial charge < -0.3 is 5.73 Å². The Kier molecular flexibility index (Phi) is 7.27. The smallest absolute Gasteiger partial charge is 0.239 e. The van der Waals surface area contributed by atoms with Crippen molar-refractivity contribution in [2.45, 2.75) is 18.9 Å². The van der Waals surface area contributed by atoms with E-state index in [1.54, 1.807) is 30.9 Å². The molecule has 0 saturated heterocycles. The van der Waals surface area contributed by atoms with Gasteiger partial charge in [-0.15, -0.1) is 0 Å². The molecule has 1 aromatic carbocycles. The van der Waals surface area contributed by atoms with Gasteiger partial charge in [0.15, 0.2) is 0 Å². The number of rotatable bonds is 9. The van der Waals surface area contributed by atoms with Crippen molar-refractivity contribution in [3.63, 3.8) is 0 Å². The summed E-state index contributed by atoms with van der Waals surface area (Å²) >= 11 is 6.26. The lowest BCUT2D eigenvalue weighted by Gasteiger charge is -2.31. The predicted molar refractivity (Wildman–Crippen MR) is 111 cm³/mol. The van der Waals surface area contributed by atoms with E-state index in [2.05, 4.69) is 9.97 Å². The van der Waals surface area contributed by atoms with Crippen LogP contribution in [0.2, 0.25) is 5.02 Å². The summed E-state index contributed by atoms with van der Waals surface area (Å²) in [6.07, 6.45) is 8.20. The zero-order valence-electron chi connectivity index (χ0n) is 15.8. The molecule has 1 unspecified atom stereocenters. The van der Waals surface area contributed by atoms with Gasteiger partial charge >= 0.3 is 0 Å². The molecule has 0 aliphatic heterocycles. The highest BCUT2D eigenvalue weighted by Gasteiger charge is 2.30. The lowest BCUT2D eigenvalue weighted by atomic mass is 10.0. The first-order valence-corrected chi connectivity index (χ1v) is 9.69. The maximum Gasteiger partial charge on any atom is 0.239 e. The Morgan fingerprint density at radius 3 is 1.93 bits per heavy atom. The Hall–Kier alpha value is -2.83. The number of hydrogen-bond donors (Lipinski definition) is 1. The van der Waals surface area contributed by atoms with Crippen LogP contribution in [0.25, 0.3) is 0 Å². The molecule has 7 heteroatoms. The normalized spacial score (nSPS) is 12.1. The minimum Gasteiger partial charge on any atom is -0.368 e. The van der Waals surface area contributed by atoms with Crippen molar-refractivity contribution in [1.29, 1.82) is 0 Å². The van der Waals surface area contributed by atoms with Crippen molar-refractivity contribution in [3.05, 3.63) is 94.8 Å². The number of nitrogens with two attached hydrogens (primary N) is 1. The molecule has 0 aliphatic carbocycles. The number of carbonyl (C=O) groups excluding carboxylic acids is 1. The van der Waals surface area contributed by atoms with Crippen LogP contribution in [0.3, 0.4) is 0 Å². The monoisotopic (exact) mass is 412 g/mol. The lowest BCUT2D eigenvalue weighted by molar-refractivity contribution is -0.123. The second kappa shape index (κ2) is 10.1. The summed E-state index contributed by atoms with van der Waals surface area (Å²) in [6, 6.07) is 11.1. The minimum atomic E-state index is -0.965. The summed E-state index contributed by atoms with van der Waals surface area (Å²) in [5.41, 5.74) is 7.97. The van der Waals surface area contributed by atoms with Gasteiger partial charge in [-0.3, -0.25) is 19.7 Å². The molecule has 0 bridgehead atoms. The number of benzene rings is 1. The van der Waals surface area contributed by atoms with Crippen LogP contribution in [0.4, 0.5) is 4.39 Å². The van der Waals surface area contributed by atoms with Crippen molar-refractivity contribution in [2.75, 3.05) is 13.1 Å². The average molecular weight is 413 g/mol. The van der Waals surface area contributed by atoms with Gasteiger partial charge in [0, 0.05) is 48.5 Å². The number of pyridine rings is 2. The van der Waals surface area contributed by atoms with Crippen LogP contribution in [0.15, 0.2) is 67.3 Å². The van der Waals surface area contributed by atoms with Gasteiger partial charge in [0.05, 0.1) is 0 Å². The fourth-order valence-corrected chi connectivity index (χ4v) is 3.56. The van der Waals surface area contributed by atoms with Crippen molar-refractivity contribution < 1.29 is 9.18 Å². The number of hydrogen-bond acceptors (Lipinski definition) is 4. The summed E-state index contributed by atoms with van der Waals surface area (Å²) < 4.78 is 14.6. The number of aromatic nitrogens is 2. The maximum atomic E-state index is 14.6. The molecule has 0 radical (unpaired) electrons. The molecule has 0 fully saturated rings. The standard InChI is InChI=1S/C22H22ClFN4O/c23-18-2-1-3-19(24)20(18)21(22(25)29)28(14-8-16-4-10-26-11-5-16)15-9-17-6-12-27-13-7-17/h1-7,10-13,21H,8-9,14-15H2,(H2,25,29). The fourth-order valence-electron chi connectivity index (χ4n) is 3.29. The molecule has 0 saturated carbocycles. The highest BCUT2D eigenvalue weighted by molar-refractivity contribution is 6.31. The summed E-state index contributed by atoms with van der Waals surface area (Å²) in [5.74, 6) is -1.18. The molecule has 5 nitrogen and oxygen atoms in total. The topological polar surface area (TPSA) is 72.1 Å². The maximum absolute atomic E-state index is 14.6. The Labute approximate surface area is 174 Å². The SMILES string of the molecule is NC(=O)C(c1c(F)cccc1Cl)N(CCc1ccncc1)CCc1ccncc1. The molecule has 2 aromatic heterocycles. The number of amides is 1. The second-order valence-electron chi connectivity index (χ2n) is 6.69. The van der Waals surface area contributed by atoms with Crippen LogP contribution in [0, 0.1) is 5.82 Å². The lowest BCUT2D eigenvalue weighted by Crippen LogP contribution is -2.41. The summed E-state index contributed by atoms with van der Waals surface area (Å²) in [4.78, 5) is 22.3. The zero-order valence-corrected chi connectivity index (χ0v) is 16.6. The molecule has 0 spiro atoms. The van der Waals surface area contributed by atoms with E-state index in [1.165, 1.54) is 12.1 Å². The first-order chi connectivity index (χ1) is 14.1. The van der Waals surface area contributed by atoms with Gasteiger partial charge in [-0.05, 0) is 60.4 Å². The van der Waals surface area contributed by atoms with Crippen molar-refractivity contribution in [1.82, 2.24) is 14.9 Å². The highest BCUT2D eigenvalue weighted by Crippen LogP contribution is 2.30. The first-order valence-electron chi connectivity index (χ1n) is 9.31. The van der Waals surface area contributed by atoms with E-state index in [0.29, 0.717) is 25.9 Å².